The maximum Gasteiger partial charge on any atom is 0.222 e. The second-order valence-electron chi connectivity index (χ2n) is 3.22. The Hall–Kier alpha value is -0.380. The van der Waals surface area contributed by atoms with Crippen molar-refractivity contribution in [2.45, 2.75) is 26.7 Å². The summed E-state index contributed by atoms with van der Waals surface area (Å²) >= 11 is 3.08. The van der Waals surface area contributed by atoms with Crippen LogP contribution in [0.2, 0.25) is 0 Å². The molecule has 0 bridgehead atoms. The number of rotatable bonds is 6. The fourth-order valence-corrected chi connectivity index (χ4v) is 1.05. The molecule has 0 aromatic rings. The van der Waals surface area contributed by atoms with Gasteiger partial charge in [-0.1, -0.05) is 29.8 Å². The summed E-state index contributed by atoms with van der Waals surface area (Å²) in [6, 6.07) is 0. The van der Waals surface area contributed by atoms with Crippen LogP contribution in [0.15, 0.2) is 0 Å². The summed E-state index contributed by atoms with van der Waals surface area (Å²) in [5, 5.41) is 3.16. The van der Waals surface area contributed by atoms with E-state index in [2.05, 4.69) is 21.2 Å². The molecule has 4 heteroatoms. The van der Waals surface area contributed by atoms with Gasteiger partial charge >= 0.3 is 0 Å². The molecule has 13 heavy (non-hydrogen) atoms. The molecule has 0 aromatic carbocycles. The largest absolute Gasteiger partial charge is 0.356 e. The van der Waals surface area contributed by atoms with E-state index in [0.717, 1.165) is 6.42 Å². The van der Waals surface area contributed by atoms with E-state index in [9.17, 15) is 9.59 Å². The first-order chi connectivity index (χ1) is 6.07. The van der Waals surface area contributed by atoms with Crippen molar-refractivity contribution >= 4 is 27.6 Å². The van der Waals surface area contributed by atoms with Gasteiger partial charge in [-0.3, -0.25) is 9.59 Å². The Morgan fingerprint density at radius 3 is 2.46 bits per heavy atom. The van der Waals surface area contributed by atoms with Crippen LogP contribution in [-0.2, 0) is 9.59 Å². The highest BCUT2D eigenvalue weighted by atomic mass is 79.9. The molecule has 0 saturated carbocycles. The lowest BCUT2D eigenvalue weighted by molar-refractivity contribution is -0.124. The average Bonchev–Trinajstić information content (AvgIpc) is 2.11. The second-order valence-corrected chi connectivity index (χ2v) is 3.78. The number of hydrogen-bond acceptors (Lipinski definition) is 2. The molecule has 1 amide bonds. The van der Waals surface area contributed by atoms with Crippen LogP contribution in [0.1, 0.15) is 26.7 Å². The molecule has 0 unspecified atom stereocenters. The van der Waals surface area contributed by atoms with Gasteiger partial charge in [0.1, 0.15) is 5.78 Å². The number of carbonyl (C=O) groups excluding carboxylic acids is 2. The van der Waals surface area contributed by atoms with Crippen molar-refractivity contribution in [3.8, 4) is 0 Å². The summed E-state index contributed by atoms with van der Waals surface area (Å²) in [5.41, 5.74) is 0. The van der Waals surface area contributed by atoms with E-state index >= 15 is 0 Å². The fourth-order valence-electron chi connectivity index (χ4n) is 0.768. The van der Waals surface area contributed by atoms with Crippen LogP contribution in [0.3, 0.4) is 0 Å². The number of nitrogens with one attached hydrogen (secondary N) is 1. The zero-order chi connectivity index (χ0) is 10.3. The van der Waals surface area contributed by atoms with E-state index in [0.29, 0.717) is 18.3 Å². The molecule has 0 aliphatic heterocycles. The van der Waals surface area contributed by atoms with E-state index in [-0.39, 0.29) is 17.6 Å². The first kappa shape index (κ1) is 12.6. The summed E-state index contributed by atoms with van der Waals surface area (Å²) in [4.78, 5) is 21.9. The number of alkyl halides is 1. The fraction of sp³-hybridized carbons (Fsp3) is 0.778. The molecule has 3 nitrogen and oxygen atoms in total. The summed E-state index contributed by atoms with van der Waals surface area (Å²) in [5.74, 6) is 0.247. The molecule has 0 aliphatic carbocycles. The molecule has 0 heterocycles. The van der Waals surface area contributed by atoms with Gasteiger partial charge in [0.15, 0.2) is 0 Å². The zero-order valence-corrected chi connectivity index (χ0v) is 9.69. The van der Waals surface area contributed by atoms with Crippen molar-refractivity contribution in [3.63, 3.8) is 0 Å². The van der Waals surface area contributed by atoms with Gasteiger partial charge in [-0.05, 0) is 6.42 Å². The minimum Gasteiger partial charge on any atom is -0.356 e. The quantitative estimate of drug-likeness (QED) is 0.573. The van der Waals surface area contributed by atoms with Gasteiger partial charge in [0.25, 0.3) is 0 Å². The van der Waals surface area contributed by atoms with Crippen molar-refractivity contribution in [2.24, 2.45) is 5.92 Å². The van der Waals surface area contributed by atoms with Gasteiger partial charge in [0, 0.05) is 18.9 Å². The summed E-state index contributed by atoms with van der Waals surface area (Å²) in [7, 11) is 0. The van der Waals surface area contributed by atoms with Crippen LogP contribution in [0, 0.1) is 5.92 Å². The highest BCUT2D eigenvalue weighted by Gasteiger charge is 2.05. The predicted molar refractivity (Wildman–Crippen MR) is 55.9 cm³/mol. The van der Waals surface area contributed by atoms with Crippen LogP contribution in [0.4, 0.5) is 0 Å². The lowest BCUT2D eigenvalue weighted by atomic mass is 10.2. The van der Waals surface area contributed by atoms with Gasteiger partial charge in [-0.15, -0.1) is 0 Å². The van der Waals surface area contributed by atoms with E-state index in [1.807, 2.05) is 13.8 Å². The van der Waals surface area contributed by atoms with E-state index in [1.54, 1.807) is 0 Å². The Labute approximate surface area is 87.4 Å². The van der Waals surface area contributed by atoms with E-state index in [4.69, 9.17) is 0 Å². The Kier molecular flexibility index (Phi) is 6.86. The molecule has 0 radical (unpaired) electrons. The normalized spacial score (nSPS) is 10.2. The topological polar surface area (TPSA) is 46.2 Å². The summed E-state index contributed by atoms with van der Waals surface area (Å²) < 4.78 is 0. The van der Waals surface area contributed by atoms with Gasteiger partial charge < -0.3 is 5.32 Å². The third-order valence-corrected chi connectivity index (χ3v) is 2.23. The molecule has 0 aliphatic rings. The molecule has 0 atom stereocenters. The molecule has 0 aromatic heterocycles. The second kappa shape index (κ2) is 7.06. The summed E-state index contributed by atoms with van der Waals surface area (Å²) in [6.07, 6.45) is 1.26. The number of amides is 1. The first-order valence-corrected chi connectivity index (χ1v) is 5.55. The predicted octanol–water partition coefficient (Wildman–Crippen LogP) is 1.50. The van der Waals surface area contributed by atoms with Crippen molar-refractivity contribution < 1.29 is 9.59 Å². The van der Waals surface area contributed by atoms with Crippen molar-refractivity contribution in [2.75, 3.05) is 11.9 Å². The van der Waals surface area contributed by atoms with Crippen LogP contribution >= 0.6 is 15.9 Å². The Bertz CT molecular complexity index is 180. The van der Waals surface area contributed by atoms with Crippen molar-refractivity contribution in [3.05, 3.63) is 0 Å². The maximum atomic E-state index is 11.1. The van der Waals surface area contributed by atoms with E-state index < -0.39 is 0 Å². The Morgan fingerprint density at radius 1 is 1.38 bits per heavy atom. The van der Waals surface area contributed by atoms with E-state index in [1.165, 1.54) is 0 Å². The number of halogens is 1. The Morgan fingerprint density at radius 2 is 2.00 bits per heavy atom. The van der Waals surface area contributed by atoms with Gasteiger partial charge in [0.05, 0.1) is 5.33 Å². The monoisotopic (exact) mass is 249 g/mol. The average molecular weight is 250 g/mol. The number of hydrogen-bond donors (Lipinski definition) is 1. The van der Waals surface area contributed by atoms with Gasteiger partial charge in [-0.25, -0.2) is 0 Å². The SMILES string of the molecule is CC(C)C(=O)NCCCC(=O)CBr. The molecular weight excluding hydrogens is 234 g/mol. The van der Waals surface area contributed by atoms with Crippen LogP contribution in [-0.4, -0.2) is 23.6 Å². The Balaban J connectivity index is 3.36. The third kappa shape index (κ3) is 6.75. The molecule has 0 saturated heterocycles. The first-order valence-electron chi connectivity index (χ1n) is 4.43. The molecule has 1 N–H and O–H groups in total. The molecule has 76 valence electrons. The van der Waals surface area contributed by atoms with Crippen LogP contribution in [0.5, 0.6) is 0 Å². The number of carbonyl (C=O) groups is 2. The third-order valence-electron chi connectivity index (χ3n) is 1.61. The van der Waals surface area contributed by atoms with Crippen molar-refractivity contribution in [1.82, 2.24) is 5.32 Å². The highest BCUT2D eigenvalue weighted by Crippen LogP contribution is 1.95. The number of ketones is 1. The number of Topliss-reactive ketones (excluding diaryl/α,β-unsaturated/α-hetero) is 1. The standard InChI is InChI=1S/C9H16BrNO2/c1-7(2)9(13)11-5-3-4-8(12)6-10/h7H,3-6H2,1-2H3,(H,11,13). The van der Waals surface area contributed by atoms with Gasteiger partial charge in [0.2, 0.25) is 5.91 Å². The molecule has 0 fully saturated rings. The minimum atomic E-state index is 0.0203. The molecular formula is C9H16BrNO2. The minimum absolute atomic E-state index is 0.0203. The van der Waals surface area contributed by atoms with Crippen LogP contribution in [0.25, 0.3) is 0 Å². The van der Waals surface area contributed by atoms with Crippen molar-refractivity contribution in [1.29, 1.82) is 0 Å². The maximum absolute atomic E-state index is 11.1. The molecule has 0 spiro atoms. The van der Waals surface area contributed by atoms with Gasteiger partial charge in [-0.2, -0.15) is 0 Å². The lowest BCUT2D eigenvalue weighted by Crippen LogP contribution is -2.28. The smallest absolute Gasteiger partial charge is 0.222 e. The summed E-state index contributed by atoms with van der Waals surface area (Å²) in [6.45, 7) is 4.29. The molecule has 0 rings (SSSR count). The van der Waals surface area contributed by atoms with Crippen LogP contribution < -0.4 is 5.32 Å². The lowest BCUT2D eigenvalue weighted by Gasteiger charge is -2.06. The zero-order valence-electron chi connectivity index (χ0n) is 8.10. The highest BCUT2D eigenvalue weighted by molar-refractivity contribution is 9.09.